The molecule has 330 valence electrons. The molecule has 0 N–H and O–H groups in total. The number of hydrogen-bond donors (Lipinski definition) is 0. The van der Waals surface area contributed by atoms with Crippen molar-refractivity contribution in [3.8, 4) is 0 Å². The average Bonchev–Trinajstić information content (AvgIpc) is 3.22. The summed E-state index contributed by atoms with van der Waals surface area (Å²) in [6.45, 7) is 7.48. The van der Waals surface area contributed by atoms with Gasteiger partial charge in [0.15, 0.2) is 6.10 Å². The maximum Gasteiger partial charge on any atom is 0.306 e. The quantitative estimate of drug-likeness (QED) is 0.0349. The van der Waals surface area contributed by atoms with Crippen LogP contribution in [0.15, 0.2) is 97.2 Å². The Morgan fingerprint density at radius 1 is 0.397 bits per heavy atom. The lowest BCUT2D eigenvalue weighted by Gasteiger charge is -2.18. The predicted octanol–water partition coefficient (Wildman–Crippen LogP) is 15.9. The van der Waals surface area contributed by atoms with Crippen molar-refractivity contribution in [3.63, 3.8) is 0 Å². The normalized spacial score (nSPS) is 13.1. The smallest absolute Gasteiger partial charge is 0.306 e. The number of ether oxygens (including phenoxy) is 3. The van der Waals surface area contributed by atoms with Gasteiger partial charge in [-0.3, -0.25) is 9.59 Å². The summed E-state index contributed by atoms with van der Waals surface area (Å²) in [5.41, 5.74) is 0. The van der Waals surface area contributed by atoms with Crippen LogP contribution in [0.5, 0.6) is 0 Å². The van der Waals surface area contributed by atoms with Crippen molar-refractivity contribution >= 4 is 11.9 Å². The van der Waals surface area contributed by atoms with E-state index in [0.29, 0.717) is 19.4 Å². The van der Waals surface area contributed by atoms with Gasteiger partial charge in [-0.1, -0.05) is 176 Å². The first kappa shape index (κ1) is 54.8. The number of allylic oxidation sites excluding steroid dienone is 16. The van der Waals surface area contributed by atoms with Crippen LogP contribution in [-0.4, -0.2) is 37.9 Å². The van der Waals surface area contributed by atoms with Crippen LogP contribution in [0, 0.1) is 0 Å². The molecular weight excluding hydrogens is 717 g/mol. The number of esters is 2. The summed E-state index contributed by atoms with van der Waals surface area (Å²) in [5.74, 6) is -0.474. The van der Waals surface area contributed by atoms with E-state index in [1.54, 1.807) is 0 Å². The number of carbonyl (C=O) groups is 2. The number of unbranched alkanes of at least 4 members (excludes halogenated alkanes) is 15. The second kappa shape index (κ2) is 48.2. The lowest BCUT2D eigenvalue weighted by Crippen LogP contribution is -2.30. The molecule has 0 aliphatic rings. The summed E-state index contributed by atoms with van der Waals surface area (Å²) in [6.07, 6.45) is 64.1. The largest absolute Gasteiger partial charge is 0.462 e. The van der Waals surface area contributed by atoms with Crippen molar-refractivity contribution in [3.05, 3.63) is 97.2 Å². The Morgan fingerprint density at radius 3 is 1.29 bits per heavy atom. The highest BCUT2D eigenvalue weighted by molar-refractivity contribution is 5.70. The van der Waals surface area contributed by atoms with Gasteiger partial charge in [0.25, 0.3) is 0 Å². The van der Waals surface area contributed by atoms with Crippen molar-refractivity contribution in [2.24, 2.45) is 0 Å². The molecule has 0 radical (unpaired) electrons. The van der Waals surface area contributed by atoms with Gasteiger partial charge in [-0.15, -0.1) is 0 Å². The summed E-state index contributed by atoms with van der Waals surface area (Å²) in [6, 6.07) is 0. The van der Waals surface area contributed by atoms with E-state index < -0.39 is 6.10 Å². The second-order valence-corrected chi connectivity index (χ2v) is 15.2. The molecule has 0 amide bonds. The Bertz CT molecular complexity index is 1140. The van der Waals surface area contributed by atoms with Gasteiger partial charge in [0.05, 0.1) is 6.61 Å². The third-order valence-corrected chi connectivity index (χ3v) is 9.58. The molecule has 0 aliphatic heterocycles. The summed E-state index contributed by atoms with van der Waals surface area (Å²) in [4.78, 5) is 25.3. The lowest BCUT2D eigenvalue weighted by molar-refractivity contribution is -0.163. The van der Waals surface area contributed by atoms with Gasteiger partial charge in [0, 0.05) is 19.4 Å². The van der Waals surface area contributed by atoms with Crippen LogP contribution in [-0.2, 0) is 23.8 Å². The van der Waals surface area contributed by atoms with E-state index in [2.05, 4.69) is 118 Å². The van der Waals surface area contributed by atoms with Gasteiger partial charge in [0.1, 0.15) is 6.61 Å². The molecule has 0 heterocycles. The van der Waals surface area contributed by atoms with Crippen LogP contribution in [0.2, 0.25) is 0 Å². The molecule has 5 nitrogen and oxygen atoms in total. The van der Waals surface area contributed by atoms with E-state index in [1.807, 2.05) is 0 Å². The van der Waals surface area contributed by atoms with Gasteiger partial charge < -0.3 is 14.2 Å². The number of rotatable bonds is 42. The van der Waals surface area contributed by atoms with Gasteiger partial charge in [-0.25, -0.2) is 0 Å². The maximum absolute atomic E-state index is 12.8. The second-order valence-electron chi connectivity index (χ2n) is 15.2. The number of carbonyl (C=O) groups excluding carboxylic acids is 2. The SMILES string of the molecule is CC/C=C\C/C=C\C/C=C\C/C=C\CCCCC(=O)OCC(COCCCCCCCC/C=C\CCCC)OC(=O)CCCCCCC/C=C\C/C=C\C/C=C\CC. The van der Waals surface area contributed by atoms with Crippen LogP contribution >= 0.6 is 0 Å². The Morgan fingerprint density at radius 2 is 0.776 bits per heavy atom. The molecule has 0 saturated heterocycles. The van der Waals surface area contributed by atoms with E-state index in [1.165, 1.54) is 64.2 Å². The standard InChI is InChI=1S/C53H88O5/c1-4-7-10-13-16-19-22-25-27-29-31-34-37-40-43-46-52(54)57-50-51(49-56-48-45-42-39-36-33-24-21-18-15-12-9-6-3)58-53(55)47-44-41-38-35-32-30-28-26-23-20-17-14-11-8-5-2/h7-8,10-11,15-20,25-28,31,34,51H,4-6,9,12-14,21-24,29-30,32-33,35-50H2,1-3H3/b10-7-,11-8-,18-15-,19-16-,20-17-,27-25-,28-26-,34-31-. The lowest BCUT2D eigenvalue weighted by atomic mass is 10.1. The molecule has 0 spiro atoms. The van der Waals surface area contributed by atoms with Gasteiger partial charge in [-0.05, 0) is 109 Å². The highest BCUT2D eigenvalue weighted by Crippen LogP contribution is 2.12. The Labute approximate surface area is 358 Å². The first-order valence-electron chi connectivity index (χ1n) is 23.8. The fourth-order valence-corrected chi connectivity index (χ4v) is 6.08. The van der Waals surface area contributed by atoms with E-state index in [0.717, 1.165) is 103 Å². The van der Waals surface area contributed by atoms with E-state index in [-0.39, 0.29) is 25.2 Å². The first-order chi connectivity index (χ1) is 28.6. The molecule has 1 atom stereocenters. The third kappa shape index (κ3) is 45.5. The molecule has 0 rings (SSSR count). The summed E-state index contributed by atoms with van der Waals surface area (Å²) in [7, 11) is 0. The maximum atomic E-state index is 12.8. The van der Waals surface area contributed by atoms with E-state index in [4.69, 9.17) is 14.2 Å². The topological polar surface area (TPSA) is 61.8 Å². The molecule has 0 fully saturated rings. The van der Waals surface area contributed by atoms with Crippen LogP contribution in [0.25, 0.3) is 0 Å². The Hall–Kier alpha value is -3.18. The fourth-order valence-electron chi connectivity index (χ4n) is 6.08. The zero-order valence-electron chi connectivity index (χ0n) is 37.8. The minimum atomic E-state index is -0.569. The molecule has 5 heteroatoms. The van der Waals surface area contributed by atoms with E-state index >= 15 is 0 Å². The fraction of sp³-hybridized carbons (Fsp3) is 0.660. The minimum absolute atomic E-state index is 0.0492. The van der Waals surface area contributed by atoms with Crippen molar-refractivity contribution in [1.82, 2.24) is 0 Å². The van der Waals surface area contributed by atoms with Crippen LogP contribution < -0.4 is 0 Å². The summed E-state index contributed by atoms with van der Waals surface area (Å²) < 4.78 is 17.3. The van der Waals surface area contributed by atoms with Crippen LogP contribution in [0.3, 0.4) is 0 Å². The van der Waals surface area contributed by atoms with Gasteiger partial charge in [-0.2, -0.15) is 0 Å². The summed E-state index contributed by atoms with van der Waals surface area (Å²) in [5, 5.41) is 0. The molecule has 0 bridgehead atoms. The zero-order chi connectivity index (χ0) is 42.1. The molecule has 58 heavy (non-hydrogen) atoms. The molecule has 0 aromatic rings. The third-order valence-electron chi connectivity index (χ3n) is 9.58. The monoisotopic (exact) mass is 805 g/mol. The molecular formula is C53H88O5. The van der Waals surface area contributed by atoms with Gasteiger partial charge in [0.2, 0.25) is 0 Å². The number of hydrogen-bond acceptors (Lipinski definition) is 5. The molecule has 1 unspecified atom stereocenters. The Kier molecular flexibility index (Phi) is 45.5. The molecule has 0 saturated carbocycles. The Balaban J connectivity index is 4.39. The van der Waals surface area contributed by atoms with E-state index in [9.17, 15) is 9.59 Å². The van der Waals surface area contributed by atoms with Crippen LogP contribution in [0.1, 0.15) is 201 Å². The van der Waals surface area contributed by atoms with Crippen molar-refractivity contribution in [1.29, 1.82) is 0 Å². The molecule has 0 aromatic heterocycles. The summed E-state index contributed by atoms with van der Waals surface area (Å²) >= 11 is 0. The molecule has 0 aliphatic carbocycles. The minimum Gasteiger partial charge on any atom is -0.462 e. The average molecular weight is 805 g/mol. The van der Waals surface area contributed by atoms with Crippen molar-refractivity contribution in [2.45, 2.75) is 207 Å². The van der Waals surface area contributed by atoms with Gasteiger partial charge >= 0.3 is 11.9 Å². The first-order valence-corrected chi connectivity index (χ1v) is 23.8. The van der Waals surface area contributed by atoms with Crippen molar-refractivity contribution in [2.75, 3.05) is 19.8 Å². The predicted molar refractivity (Wildman–Crippen MR) is 251 cm³/mol. The highest BCUT2D eigenvalue weighted by Gasteiger charge is 2.17. The van der Waals surface area contributed by atoms with Crippen LogP contribution in [0.4, 0.5) is 0 Å². The molecule has 0 aromatic carbocycles. The highest BCUT2D eigenvalue weighted by atomic mass is 16.6. The van der Waals surface area contributed by atoms with Crippen molar-refractivity contribution < 1.29 is 23.8 Å². The zero-order valence-corrected chi connectivity index (χ0v) is 37.8.